The summed E-state index contributed by atoms with van der Waals surface area (Å²) in [6.45, 7) is 4.30. The zero-order valence-electron chi connectivity index (χ0n) is 7.58. The van der Waals surface area contributed by atoms with E-state index in [4.69, 9.17) is 5.11 Å². The molecule has 11 heavy (non-hydrogen) atoms. The molecule has 0 aromatic heterocycles. The van der Waals surface area contributed by atoms with Crippen molar-refractivity contribution in [3.05, 3.63) is 0 Å². The first-order valence-corrected chi connectivity index (χ1v) is 4.49. The lowest BCUT2D eigenvalue weighted by atomic mass is 10.0. The first-order chi connectivity index (χ1) is 5.20. The number of rotatable bonds is 6. The van der Waals surface area contributed by atoms with Gasteiger partial charge in [-0.3, -0.25) is 0 Å². The molecular formula is C9H20O2. The topological polar surface area (TPSA) is 40.5 Å². The SMILES string of the molecule is CCCC(O)CCC(C)CO. The van der Waals surface area contributed by atoms with Crippen LogP contribution in [0.1, 0.15) is 39.5 Å². The minimum absolute atomic E-state index is 0.158. The maximum atomic E-state index is 9.31. The van der Waals surface area contributed by atoms with Gasteiger partial charge in [0.2, 0.25) is 0 Å². The van der Waals surface area contributed by atoms with Crippen LogP contribution in [0, 0.1) is 5.92 Å². The van der Waals surface area contributed by atoms with Crippen LogP contribution in [0.15, 0.2) is 0 Å². The van der Waals surface area contributed by atoms with Crippen molar-refractivity contribution in [1.82, 2.24) is 0 Å². The summed E-state index contributed by atoms with van der Waals surface area (Å²) in [6, 6.07) is 0. The third kappa shape index (κ3) is 6.32. The molecule has 2 nitrogen and oxygen atoms in total. The number of aliphatic hydroxyl groups excluding tert-OH is 2. The molecule has 2 N–H and O–H groups in total. The van der Waals surface area contributed by atoms with Gasteiger partial charge in [-0.25, -0.2) is 0 Å². The fourth-order valence-corrected chi connectivity index (χ4v) is 1.05. The van der Waals surface area contributed by atoms with Crippen LogP contribution in [0.4, 0.5) is 0 Å². The largest absolute Gasteiger partial charge is 0.396 e. The van der Waals surface area contributed by atoms with Crippen LogP contribution in [0.3, 0.4) is 0 Å². The summed E-state index contributed by atoms with van der Waals surface area (Å²) < 4.78 is 0. The van der Waals surface area contributed by atoms with Crippen LogP contribution in [0.5, 0.6) is 0 Å². The summed E-state index contributed by atoms with van der Waals surface area (Å²) in [5.74, 6) is 0.335. The molecule has 0 saturated carbocycles. The summed E-state index contributed by atoms with van der Waals surface area (Å²) in [6.07, 6.45) is 3.52. The standard InChI is InChI=1S/C9H20O2/c1-3-4-9(11)6-5-8(2)7-10/h8-11H,3-7H2,1-2H3. The molecule has 0 heterocycles. The highest BCUT2D eigenvalue weighted by Gasteiger charge is 2.05. The smallest absolute Gasteiger partial charge is 0.0540 e. The van der Waals surface area contributed by atoms with Gasteiger partial charge in [-0.2, -0.15) is 0 Å². The molecule has 2 unspecified atom stereocenters. The van der Waals surface area contributed by atoms with Crippen LogP contribution in [0.2, 0.25) is 0 Å². The van der Waals surface area contributed by atoms with E-state index < -0.39 is 0 Å². The van der Waals surface area contributed by atoms with Crippen molar-refractivity contribution in [2.24, 2.45) is 5.92 Å². The van der Waals surface area contributed by atoms with Gasteiger partial charge < -0.3 is 10.2 Å². The summed E-state index contributed by atoms with van der Waals surface area (Å²) in [5.41, 5.74) is 0. The molecule has 0 fully saturated rings. The zero-order valence-corrected chi connectivity index (χ0v) is 7.58. The van der Waals surface area contributed by atoms with E-state index in [0.29, 0.717) is 5.92 Å². The summed E-state index contributed by atoms with van der Waals surface area (Å²) in [4.78, 5) is 0. The van der Waals surface area contributed by atoms with Gasteiger partial charge in [0.25, 0.3) is 0 Å². The second-order valence-electron chi connectivity index (χ2n) is 3.31. The van der Waals surface area contributed by atoms with Crippen molar-refractivity contribution in [3.8, 4) is 0 Å². The van der Waals surface area contributed by atoms with E-state index in [2.05, 4.69) is 6.92 Å². The monoisotopic (exact) mass is 160 g/mol. The van der Waals surface area contributed by atoms with E-state index >= 15 is 0 Å². The quantitative estimate of drug-likeness (QED) is 0.619. The predicted octanol–water partition coefficient (Wildman–Crippen LogP) is 1.56. The number of aliphatic hydroxyl groups is 2. The number of hydrogen-bond donors (Lipinski definition) is 2. The van der Waals surface area contributed by atoms with Crippen molar-refractivity contribution >= 4 is 0 Å². The third-order valence-corrected chi connectivity index (χ3v) is 1.93. The van der Waals surface area contributed by atoms with E-state index in [9.17, 15) is 5.11 Å². The van der Waals surface area contributed by atoms with Crippen LogP contribution < -0.4 is 0 Å². The molecule has 0 bridgehead atoms. The molecular weight excluding hydrogens is 140 g/mol. The highest BCUT2D eigenvalue weighted by Crippen LogP contribution is 2.10. The van der Waals surface area contributed by atoms with Gasteiger partial charge >= 0.3 is 0 Å². The van der Waals surface area contributed by atoms with Gasteiger partial charge in [-0.15, -0.1) is 0 Å². The lowest BCUT2D eigenvalue weighted by Crippen LogP contribution is -2.09. The zero-order chi connectivity index (χ0) is 8.69. The van der Waals surface area contributed by atoms with E-state index in [1.54, 1.807) is 0 Å². The van der Waals surface area contributed by atoms with Crippen molar-refractivity contribution in [2.45, 2.75) is 45.6 Å². The van der Waals surface area contributed by atoms with E-state index in [1.807, 2.05) is 6.92 Å². The Labute approximate surface area is 69.2 Å². The normalized spacial score (nSPS) is 16.4. The van der Waals surface area contributed by atoms with Gasteiger partial charge in [0.15, 0.2) is 0 Å². The fourth-order valence-electron chi connectivity index (χ4n) is 1.05. The molecule has 2 heteroatoms. The second-order valence-corrected chi connectivity index (χ2v) is 3.31. The Morgan fingerprint density at radius 3 is 2.27 bits per heavy atom. The van der Waals surface area contributed by atoms with E-state index in [0.717, 1.165) is 25.7 Å². The molecule has 2 atom stereocenters. The maximum Gasteiger partial charge on any atom is 0.0540 e. The Morgan fingerprint density at radius 1 is 1.18 bits per heavy atom. The third-order valence-electron chi connectivity index (χ3n) is 1.93. The van der Waals surface area contributed by atoms with E-state index in [1.165, 1.54) is 0 Å². The second kappa shape index (κ2) is 6.62. The Hall–Kier alpha value is -0.0800. The first-order valence-electron chi connectivity index (χ1n) is 4.49. The van der Waals surface area contributed by atoms with Gasteiger partial charge in [0.05, 0.1) is 6.10 Å². The Balaban J connectivity index is 3.22. The average molecular weight is 160 g/mol. The van der Waals surface area contributed by atoms with E-state index in [-0.39, 0.29) is 12.7 Å². The molecule has 0 aliphatic rings. The van der Waals surface area contributed by atoms with Crippen LogP contribution >= 0.6 is 0 Å². The molecule has 0 aromatic rings. The molecule has 0 aromatic carbocycles. The van der Waals surface area contributed by atoms with Gasteiger partial charge in [0, 0.05) is 6.61 Å². The molecule has 0 saturated heterocycles. The molecule has 0 amide bonds. The molecule has 0 spiro atoms. The van der Waals surface area contributed by atoms with Crippen molar-refractivity contribution in [1.29, 1.82) is 0 Å². The molecule has 0 radical (unpaired) electrons. The van der Waals surface area contributed by atoms with Gasteiger partial charge in [-0.05, 0) is 25.2 Å². The van der Waals surface area contributed by atoms with Crippen molar-refractivity contribution < 1.29 is 10.2 Å². The lowest BCUT2D eigenvalue weighted by Gasteiger charge is -2.11. The van der Waals surface area contributed by atoms with Crippen LogP contribution in [0.25, 0.3) is 0 Å². The summed E-state index contributed by atoms with van der Waals surface area (Å²) >= 11 is 0. The molecule has 68 valence electrons. The predicted molar refractivity (Wildman–Crippen MR) is 46.4 cm³/mol. The number of hydrogen-bond acceptors (Lipinski definition) is 2. The minimum atomic E-state index is -0.158. The van der Waals surface area contributed by atoms with Gasteiger partial charge in [0.1, 0.15) is 0 Å². The highest BCUT2D eigenvalue weighted by molar-refractivity contribution is 4.58. The van der Waals surface area contributed by atoms with Crippen molar-refractivity contribution in [2.75, 3.05) is 6.61 Å². The lowest BCUT2D eigenvalue weighted by molar-refractivity contribution is 0.135. The summed E-state index contributed by atoms with van der Waals surface area (Å²) in [5, 5.41) is 18.0. The average Bonchev–Trinajstić information content (AvgIpc) is 2.01. The molecule has 0 aliphatic heterocycles. The first kappa shape index (κ1) is 10.9. The minimum Gasteiger partial charge on any atom is -0.396 e. The van der Waals surface area contributed by atoms with Gasteiger partial charge in [-0.1, -0.05) is 20.3 Å². The highest BCUT2D eigenvalue weighted by atomic mass is 16.3. The Kier molecular flexibility index (Phi) is 6.57. The Bertz CT molecular complexity index is 83.6. The maximum absolute atomic E-state index is 9.31. The summed E-state index contributed by atoms with van der Waals surface area (Å²) in [7, 11) is 0. The molecule has 0 aliphatic carbocycles. The Morgan fingerprint density at radius 2 is 1.82 bits per heavy atom. The van der Waals surface area contributed by atoms with Crippen LogP contribution in [-0.4, -0.2) is 22.9 Å². The van der Waals surface area contributed by atoms with Crippen molar-refractivity contribution in [3.63, 3.8) is 0 Å². The fraction of sp³-hybridized carbons (Fsp3) is 1.00. The van der Waals surface area contributed by atoms with Crippen LogP contribution in [-0.2, 0) is 0 Å². The molecule has 0 rings (SSSR count).